The van der Waals surface area contributed by atoms with Crippen LogP contribution in [0.15, 0.2) is 77.4 Å². The first-order valence-electron chi connectivity index (χ1n) is 17.7. The molecule has 1 aliphatic rings. The zero-order chi connectivity index (χ0) is 32.0. The van der Waals surface area contributed by atoms with E-state index in [2.05, 4.69) is 102 Å². The summed E-state index contributed by atoms with van der Waals surface area (Å²) in [5.74, 6) is 0.560. The quantitative estimate of drug-likeness (QED) is 0.0895. The molecular formula is C41H68NSiZr. The van der Waals surface area contributed by atoms with Crippen molar-refractivity contribution >= 4 is 9.52 Å². The molecule has 1 aliphatic carbocycles. The molecule has 0 bridgehead atoms. The molecule has 44 heavy (non-hydrogen) atoms. The number of hydrogen-bond donors (Lipinski definition) is 0. The molecule has 245 valence electrons. The molecule has 0 amide bonds. The Morgan fingerprint density at radius 3 is 1.14 bits per heavy atom. The number of unbranched alkanes of at least 4 members (excludes halogenated alkanes) is 15. The van der Waals surface area contributed by atoms with Gasteiger partial charge in [-0.3, -0.25) is 6.08 Å². The molecule has 1 radical (unpaired) electrons. The molecule has 3 heteroatoms. The third-order valence-electron chi connectivity index (χ3n) is 8.15. The predicted octanol–water partition coefficient (Wildman–Crippen LogP) is 13.9. The molecule has 1 atom stereocenters. The SMILES string of the molecule is CC1=[C-]C(C)C(C)=C1C.CCCCCCCCCCCCCCCCCC[NH-].C[SiH]C.[Zr+2].c1ccc(-c2ccccc2)cc1. The van der Waals surface area contributed by atoms with Gasteiger partial charge in [0.25, 0.3) is 0 Å². The monoisotopic (exact) mass is 692 g/mol. The van der Waals surface area contributed by atoms with E-state index in [1.807, 2.05) is 12.1 Å². The summed E-state index contributed by atoms with van der Waals surface area (Å²) in [5.41, 5.74) is 13.9. The van der Waals surface area contributed by atoms with Crippen LogP contribution < -0.4 is 0 Å². The molecule has 0 aliphatic heterocycles. The van der Waals surface area contributed by atoms with Crippen molar-refractivity contribution in [1.29, 1.82) is 0 Å². The van der Waals surface area contributed by atoms with Crippen molar-refractivity contribution in [3.63, 3.8) is 0 Å². The van der Waals surface area contributed by atoms with Gasteiger partial charge in [0.1, 0.15) is 0 Å². The Bertz CT molecular complexity index is 869. The molecule has 0 fully saturated rings. The van der Waals surface area contributed by atoms with Gasteiger partial charge in [0.05, 0.1) is 0 Å². The van der Waals surface area contributed by atoms with E-state index in [1.165, 1.54) is 124 Å². The van der Waals surface area contributed by atoms with Crippen molar-refractivity contribution in [2.75, 3.05) is 6.54 Å². The Balaban J connectivity index is 0. The Morgan fingerprint density at radius 1 is 0.591 bits per heavy atom. The first kappa shape index (κ1) is 45.1. The maximum atomic E-state index is 7.08. The number of allylic oxidation sites excluding steroid dienone is 4. The topological polar surface area (TPSA) is 23.8 Å². The Morgan fingerprint density at radius 2 is 0.909 bits per heavy atom. The van der Waals surface area contributed by atoms with Gasteiger partial charge in [-0.25, -0.2) is 5.57 Å². The van der Waals surface area contributed by atoms with Crippen LogP contribution in [0.4, 0.5) is 0 Å². The van der Waals surface area contributed by atoms with Gasteiger partial charge in [-0.2, -0.15) is 17.7 Å². The number of nitrogens with one attached hydrogen (secondary N) is 1. The van der Waals surface area contributed by atoms with Crippen LogP contribution in [0.3, 0.4) is 0 Å². The van der Waals surface area contributed by atoms with Gasteiger partial charge in [0.15, 0.2) is 0 Å². The minimum Gasteiger partial charge on any atom is -0.677 e. The summed E-state index contributed by atoms with van der Waals surface area (Å²) in [6.07, 6.45) is 25.9. The molecule has 0 spiro atoms. The first-order chi connectivity index (χ1) is 20.9. The van der Waals surface area contributed by atoms with Crippen molar-refractivity contribution in [2.45, 2.75) is 150 Å². The number of hydrogen-bond acceptors (Lipinski definition) is 0. The van der Waals surface area contributed by atoms with Crippen molar-refractivity contribution in [1.82, 2.24) is 0 Å². The van der Waals surface area contributed by atoms with Crippen molar-refractivity contribution in [3.8, 4) is 11.1 Å². The molecule has 3 rings (SSSR count). The van der Waals surface area contributed by atoms with E-state index in [0.717, 1.165) is 15.9 Å². The number of benzene rings is 2. The van der Waals surface area contributed by atoms with Crippen LogP contribution in [-0.4, -0.2) is 16.1 Å². The minimum absolute atomic E-state index is 0. The molecule has 2 aromatic carbocycles. The molecule has 2 aromatic rings. The minimum atomic E-state index is 0. The summed E-state index contributed by atoms with van der Waals surface area (Å²) in [4.78, 5) is 0. The zero-order valence-electron chi connectivity index (χ0n) is 29.9. The van der Waals surface area contributed by atoms with Crippen LogP contribution in [0.2, 0.25) is 13.1 Å². The summed E-state index contributed by atoms with van der Waals surface area (Å²) in [7, 11) is 0.750. The van der Waals surface area contributed by atoms with Crippen LogP contribution in [-0.2, 0) is 26.2 Å². The van der Waals surface area contributed by atoms with E-state index in [4.69, 9.17) is 5.73 Å². The standard InChI is InChI=1S/C18H38N.C12H10.C9H13.C2H7Si.Zr/c1-2-3-4-5-6-7-8-9-10-11-12-13-14-15-16-17-18-19;1-3-7-11(8-4-1)12-9-5-2-6-10-12;1-6-5-7(2)9(4)8(6)3;1-3-2;/h19H,2-18H2,1H3;1-10H;6H,1-4H3;3H,1-2H3;/q-1;;-1;;+2. The fraction of sp³-hybridized carbons (Fsp3) is 0.610. The average molecular weight is 694 g/mol. The summed E-state index contributed by atoms with van der Waals surface area (Å²) in [6, 6.07) is 20.8. The maximum absolute atomic E-state index is 7.08. The maximum Gasteiger partial charge on any atom is 2.00 e. The van der Waals surface area contributed by atoms with E-state index in [0.29, 0.717) is 12.5 Å². The third kappa shape index (κ3) is 25.2. The summed E-state index contributed by atoms with van der Waals surface area (Å²) in [5, 5.41) is 0. The zero-order valence-corrected chi connectivity index (χ0v) is 33.6. The second kappa shape index (κ2) is 33.3. The van der Waals surface area contributed by atoms with Gasteiger partial charge >= 0.3 is 26.2 Å². The molecule has 1 N–H and O–H groups in total. The van der Waals surface area contributed by atoms with Gasteiger partial charge in [-0.15, -0.1) is 6.92 Å². The van der Waals surface area contributed by atoms with Crippen LogP contribution in [0.25, 0.3) is 16.9 Å². The van der Waals surface area contributed by atoms with Gasteiger partial charge in [-0.05, 0) is 11.1 Å². The average Bonchev–Trinajstić information content (AvgIpc) is 3.25. The van der Waals surface area contributed by atoms with Gasteiger partial charge in [-0.1, -0.05) is 210 Å². The van der Waals surface area contributed by atoms with Crippen molar-refractivity contribution in [3.05, 3.63) is 89.2 Å². The Labute approximate surface area is 297 Å². The van der Waals surface area contributed by atoms with E-state index in [-0.39, 0.29) is 26.2 Å². The smallest absolute Gasteiger partial charge is 0.677 e. The largest absolute Gasteiger partial charge is 2.00 e. The molecule has 0 saturated heterocycles. The van der Waals surface area contributed by atoms with E-state index in [1.54, 1.807) is 0 Å². The van der Waals surface area contributed by atoms with Gasteiger partial charge in [0, 0.05) is 9.52 Å². The van der Waals surface area contributed by atoms with E-state index in [9.17, 15) is 0 Å². The summed E-state index contributed by atoms with van der Waals surface area (Å²) < 4.78 is 0. The molecule has 1 nitrogen and oxygen atoms in total. The first-order valence-corrected chi connectivity index (χ1v) is 20.0. The number of rotatable bonds is 17. The van der Waals surface area contributed by atoms with Gasteiger partial charge in [0.2, 0.25) is 0 Å². The van der Waals surface area contributed by atoms with E-state index < -0.39 is 0 Å². The molecule has 0 saturated carbocycles. The normalized spacial score (nSPS) is 13.4. The Kier molecular flexibility index (Phi) is 34.2. The summed E-state index contributed by atoms with van der Waals surface area (Å²) in [6.45, 7) is 16.0. The predicted molar refractivity (Wildman–Crippen MR) is 199 cm³/mol. The fourth-order valence-corrected chi connectivity index (χ4v) is 5.10. The second-order valence-electron chi connectivity index (χ2n) is 12.2. The molecule has 0 heterocycles. The Hall–Kier alpha value is -1.02. The van der Waals surface area contributed by atoms with Gasteiger partial charge < -0.3 is 5.73 Å². The third-order valence-corrected chi connectivity index (χ3v) is 8.15. The van der Waals surface area contributed by atoms with Crippen LogP contribution in [0.5, 0.6) is 0 Å². The van der Waals surface area contributed by atoms with Crippen molar-refractivity contribution < 1.29 is 26.2 Å². The van der Waals surface area contributed by atoms with Crippen LogP contribution >= 0.6 is 0 Å². The second-order valence-corrected chi connectivity index (χ2v) is 13.3. The fourth-order valence-electron chi connectivity index (χ4n) is 5.10. The summed E-state index contributed by atoms with van der Waals surface area (Å²) >= 11 is 0. The molecule has 1 unspecified atom stereocenters. The molecule has 0 aromatic heterocycles. The molecular weight excluding hydrogens is 626 g/mol. The van der Waals surface area contributed by atoms with Crippen molar-refractivity contribution in [2.24, 2.45) is 5.92 Å². The van der Waals surface area contributed by atoms with Crippen LogP contribution in [0.1, 0.15) is 137 Å². The van der Waals surface area contributed by atoms with Crippen LogP contribution in [0, 0.1) is 12.0 Å². The van der Waals surface area contributed by atoms with E-state index >= 15 is 0 Å².